The summed E-state index contributed by atoms with van der Waals surface area (Å²) in [5.74, 6) is 0. The van der Waals surface area contributed by atoms with E-state index in [-0.39, 0.29) is 0 Å². The number of aliphatic hydroxyl groups excluding tert-OH is 1. The van der Waals surface area contributed by atoms with Crippen molar-refractivity contribution in [1.82, 2.24) is 0 Å². The second-order valence-electron chi connectivity index (χ2n) is 1.57. The van der Waals surface area contributed by atoms with E-state index in [1.807, 2.05) is 0 Å². The molecule has 0 rings (SSSR count). The lowest BCUT2D eigenvalue weighted by Gasteiger charge is -1.88. The summed E-state index contributed by atoms with van der Waals surface area (Å²) in [6.07, 6.45) is 3.96. The average Bonchev–Trinajstić information content (AvgIpc) is 1.66. The number of aliphatic hydroxyl groups is 1. The summed E-state index contributed by atoms with van der Waals surface area (Å²) >= 11 is 0. The molecule has 0 saturated carbocycles. The number of allylic oxidation sites excluding steroid dienone is 1. The van der Waals surface area contributed by atoms with E-state index < -0.39 is 6.10 Å². The zero-order chi connectivity index (χ0) is 6.41. The maximum Gasteiger partial charge on any atom is 0.123 e. The molecule has 0 aromatic carbocycles. The van der Waals surface area contributed by atoms with Crippen LogP contribution in [0.4, 0.5) is 0 Å². The van der Waals surface area contributed by atoms with Gasteiger partial charge in [0.2, 0.25) is 0 Å². The Morgan fingerprint density at radius 2 is 2.38 bits per heavy atom. The fourth-order valence-corrected chi connectivity index (χ4v) is 0.331. The smallest absolute Gasteiger partial charge is 0.123 e. The lowest BCUT2D eigenvalue weighted by molar-refractivity contribution is -0.107. The monoisotopic (exact) mass is 114 g/mol. The van der Waals surface area contributed by atoms with Crippen LogP contribution in [0.5, 0.6) is 0 Å². The van der Waals surface area contributed by atoms with Gasteiger partial charge in [0.25, 0.3) is 0 Å². The van der Waals surface area contributed by atoms with Crippen LogP contribution in [0.3, 0.4) is 0 Å². The third-order valence-electron chi connectivity index (χ3n) is 0.647. The lowest BCUT2D eigenvalue weighted by Crippen LogP contribution is -1.91. The highest BCUT2D eigenvalue weighted by Gasteiger charge is 1.81. The molecular formula is C6H10O2. The van der Waals surface area contributed by atoms with Crippen LogP contribution < -0.4 is 0 Å². The highest BCUT2D eigenvalue weighted by atomic mass is 16.3. The quantitative estimate of drug-likeness (QED) is 0.429. The van der Waals surface area contributed by atoms with E-state index in [1.165, 1.54) is 0 Å². The molecule has 8 heavy (non-hydrogen) atoms. The van der Waals surface area contributed by atoms with E-state index in [2.05, 4.69) is 0 Å². The highest BCUT2D eigenvalue weighted by Crippen LogP contribution is 1.83. The summed E-state index contributed by atoms with van der Waals surface area (Å²) < 4.78 is 0. The van der Waals surface area contributed by atoms with E-state index in [9.17, 15) is 4.79 Å². The predicted octanol–water partition coefficient (Wildman–Crippen LogP) is 0.512. The molecule has 0 aromatic heterocycles. The van der Waals surface area contributed by atoms with E-state index in [0.29, 0.717) is 6.42 Å². The van der Waals surface area contributed by atoms with Crippen molar-refractivity contribution < 1.29 is 9.90 Å². The zero-order valence-corrected chi connectivity index (χ0v) is 4.87. The van der Waals surface area contributed by atoms with Crippen LogP contribution in [-0.4, -0.2) is 17.5 Å². The van der Waals surface area contributed by atoms with Gasteiger partial charge in [-0.25, -0.2) is 0 Å². The standard InChI is InChI=1S/C6H10O2/c1-6(8)4-2-3-5-7/h2,4-6,8H,3H2,1H3. The Hall–Kier alpha value is -0.630. The van der Waals surface area contributed by atoms with E-state index in [1.54, 1.807) is 19.1 Å². The maximum atomic E-state index is 9.65. The molecule has 2 heteroatoms. The van der Waals surface area contributed by atoms with Crippen LogP contribution in [0.2, 0.25) is 0 Å². The van der Waals surface area contributed by atoms with Crippen LogP contribution in [0.25, 0.3) is 0 Å². The first-order valence-corrected chi connectivity index (χ1v) is 2.55. The molecule has 0 aliphatic rings. The first-order valence-electron chi connectivity index (χ1n) is 2.55. The van der Waals surface area contributed by atoms with Crippen molar-refractivity contribution in [3.63, 3.8) is 0 Å². The van der Waals surface area contributed by atoms with Gasteiger partial charge in [0.1, 0.15) is 6.29 Å². The van der Waals surface area contributed by atoms with Crippen LogP contribution in [0.15, 0.2) is 12.2 Å². The highest BCUT2D eigenvalue weighted by molar-refractivity contribution is 5.51. The second-order valence-corrected chi connectivity index (χ2v) is 1.57. The molecule has 0 amide bonds. The average molecular weight is 114 g/mol. The molecule has 0 saturated heterocycles. The molecule has 0 aromatic rings. The molecule has 0 bridgehead atoms. The minimum atomic E-state index is -0.435. The largest absolute Gasteiger partial charge is 0.389 e. The fraction of sp³-hybridized carbons (Fsp3) is 0.500. The number of carbonyl (C=O) groups excluding carboxylic acids is 1. The Kier molecular flexibility index (Phi) is 4.17. The van der Waals surface area contributed by atoms with Crippen molar-refractivity contribution in [2.75, 3.05) is 0 Å². The van der Waals surface area contributed by atoms with Gasteiger partial charge in [-0.2, -0.15) is 0 Å². The number of aldehydes is 1. The number of hydrogen-bond donors (Lipinski definition) is 1. The van der Waals surface area contributed by atoms with Crippen LogP contribution in [0, 0.1) is 0 Å². The van der Waals surface area contributed by atoms with Gasteiger partial charge in [-0.05, 0) is 6.92 Å². The fourth-order valence-electron chi connectivity index (χ4n) is 0.331. The molecule has 2 nitrogen and oxygen atoms in total. The molecule has 0 aliphatic heterocycles. The van der Waals surface area contributed by atoms with E-state index >= 15 is 0 Å². The van der Waals surface area contributed by atoms with Crippen LogP contribution in [0.1, 0.15) is 13.3 Å². The van der Waals surface area contributed by atoms with Gasteiger partial charge in [0.05, 0.1) is 6.10 Å². The van der Waals surface area contributed by atoms with E-state index in [0.717, 1.165) is 6.29 Å². The zero-order valence-electron chi connectivity index (χ0n) is 4.87. The lowest BCUT2D eigenvalue weighted by atomic mass is 10.3. The van der Waals surface area contributed by atoms with Crippen molar-refractivity contribution in [2.45, 2.75) is 19.4 Å². The summed E-state index contributed by atoms with van der Waals surface area (Å²) in [6, 6.07) is 0. The van der Waals surface area contributed by atoms with Crippen molar-refractivity contribution in [1.29, 1.82) is 0 Å². The number of carbonyl (C=O) groups is 1. The third-order valence-corrected chi connectivity index (χ3v) is 0.647. The topological polar surface area (TPSA) is 37.3 Å². The molecule has 0 heterocycles. The van der Waals surface area contributed by atoms with Gasteiger partial charge < -0.3 is 9.90 Å². The molecule has 1 N–H and O–H groups in total. The molecule has 0 spiro atoms. The summed E-state index contributed by atoms with van der Waals surface area (Å²) in [6.45, 7) is 1.64. The van der Waals surface area contributed by atoms with Crippen LogP contribution >= 0.6 is 0 Å². The number of hydrogen-bond acceptors (Lipinski definition) is 2. The summed E-state index contributed by atoms with van der Waals surface area (Å²) in [5.41, 5.74) is 0. The Balaban J connectivity index is 3.19. The second kappa shape index (κ2) is 4.53. The van der Waals surface area contributed by atoms with Gasteiger partial charge in [-0.1, -0.05) is 12.2 Å². The minimum absolute atomic E-state index is 0.394. The Labute approximate surface area is 48.8 Å². The summed E-state index contributed by atoms with van der Waals surface area (Å²) in [5, 5.41) is 8.58. The van der Waals surface area contributed by atoms with Crippen molar-refractivity contribution in [3.05, 3.63) is 12.2 Å². The van der Waals surface area contributed by atoms with Crippen molar-refractivity contribution in [2.24, 2.45) is 0 Å². The van der Waals surface area contributed by atoms with Crippen LogP contribution in [-0.2, 0) is 4.79 Å². The predicted molar refractivity (Wildman–Crippen MR) is 31.5 cm³/mol. The van der Waals surface area contributed by atoms with Gasteiger partial charge in [0, 0.05) is 6.42 Å². The van der Waals surface area contributed by atoms with Crippen molar-refractivity contribution in [3.8, 4) is 0 Å². The third kappa shape index (κ3) is 5.37. The molecule has 0 aliphatic carbocycles. The molecule has 0 radical (unpaired) electrons. The summed E-state index contributed by atoms with van der Waals surface area (Å²) in [4.78, 5) is 9.65. The first-order chi connectivity index (χ1) is 3.77. The Morgan fingerprint density at radius 3 is 2.75 bits per heavy atom. The van der Waals surface area contributed by atoms with Gasteiger partial charge in [-0.3, -0.25) is 0 Å². The molecule has 0 fully saturated rings. The van der Waals surface area contributed by atoms with Crippen molar-refractivity contribution >= 4 is 6.29 Å². The first kappa shape index (κ1) is 7.37. The SMILES string of the molecule is CC(O)C=CCC=O. The molecule has 1 atom stereocenters. The molecular weight excluding hydrogens is 104 g/mol. The van der Waals surface area contributed by atoms with Gasteiger partial charge in [-0.15, -0.1) is 0 Å². The molecule has 46 valence electrons. The maximum absolute atomic E-state index is 9.65. The minimum Gasteiger partial charge on any atom is -0.389 e. The van der Waals surface area contributed by atoms with Gasteiger partial charge in [0.15, 0.2) is 0 Å². The Bertz CT molecular complexity index is 84.5. The van der Waals surface area contributed by atoms with Gasteiger partial charge >= 0.3 is 0 Å². The summed E-state index contributed by atoms with van der Waals surface area (Å²) in [7, 11) is 0. The normalized spacial score (nSPS) is 14.2. The Morgan fingerprint density at radius 1 is 1.75 bits per heavy atom. The molecule has 1 unspecified atom stereocenters. The number of rotatable bonds is 3. The van der Waals surface area contributed by atoms with E-state index in [4.69, 9.17) is 5.11 Å².